The fourth-order valence-electron chi connectivity index (χ4n) is 1.86. The second-order valence-electron chi connectivity index (χ2n) is 3.40. The molecule has 6 heteroatoms. The highest BCUT2D eigenvalue weighted by Crippen LogP contribution is 2.25. The molecule has 0 amide bonds. The Kier molecular flexibility index (Phi) is 6.08. The van der Waals surface area contributed by atoms with Crippen molar-refractivity contribution in [2.75, 3.05) is 0 Å². The van der Waals surface area contributed by atoms with Crippen molar-refractivity contribution in [1.82, 2.24) is 15.0 Å². The zero-order valence-electron chi connectivity index (χ0n) is 7.87. The molecule has 0 spiro atoms. The lowest BCUT2D eigenvalue weighted by Gasteiger charge is -2.27. The van der Waals surface area contributed by atoms with E-state index >= 15 is 0 Å². The van der Waals surface area contributed by atoms with Gasteiger partial charge in [0, 0.05) is 12.2 Å². The Morgan fingerprint density at radius 1 is 1.21 bits per heavy atom. The molecule has 0 bridgehead atoms. The van der Waals surface area contributed by atoms with Gasteiger partial charge in [-0.15, -0.1) is 29.9 Å². The first-order valence-electron chi connectivity index (χ1n) is 4.49. The van der Waals surface area contributed by atoms with E-state index in [0.29, 0.717) is 6.04 Å². The van der Waals surface area contributed by atoms with Gasteiger partial charge in [-0.05, 0) is 12.8 Å². The lowest BCUT2D eigenvalue weighted by Crippen LogP contribution is -2.35. The summed E-state index contributed by atoms with van der Waals surface area (Å²) in [5.41, 5.74) is 5.98. The van der Waals surface area contributed by atoms with Crippen molar-refractivity contribution in [2.24, 2.45) is 5.73 Å². The van der Waals surface area contributed by atoms with Gasteiger partial charge in [0.2, 0.25) is 0 Å². The van der Waals surface area contributed by atoms with Gasteiger partial charge in [-0.1, -0.05) is 18.1 Å². The Hall–Kier alpha value is -0.320. The third-order valence-electron chi connectivity index (χ3n) is 2.56. The van der Waals surface area contributed by atoms with Gasteiger partial charge >= 0.3 is 0 Å². The van der Waals surface area contributed by atoms with Gasteiger partial charge in [0.15, 0.2) is 0 Å². The summed E-state index contributed by atoms with van der Waals surface area (Å²) in [6.45, 7) is 0. The van der Waals surface area contributed by atoms with E-state index < -0.39 is 0 Å². The normalized spacial score (nSPS) is 26.1. The average Bonchev–Trinajstić information content (AvgIpc) is 2.57. The van der Waals surface area contributed by atoms with E-state index in [1.165, 1.54) is 12.8 Å². The van der Waals surface area contributed by atoms with E-state index in [2.05, 4.69) is 10.3 Å². The molecule has 0 aliphatic heterocycles. The van der Waals surface area contributed by atoms with Gasteiger partial charge in [-0.3, -0.25) is 0 Å². The molecule has 1 aromatic heterocycles. The first-order valence-corrected chi connectivity index (χ1v) is 4.49. The molecule has 1 aromatic rings. The minimum atomic E-state index is 0. The molecule has 0 saturated heterocycles. The van der Waals surface area contributed by atoms with Crippen LogP contribution in [0.1, 0.15) is 31.7 Å². The number of hydrogen-bond acceptors (Lipinski definition) is 3. The minimum Gasteiger partial charge on any atom is -0.326 e. The first-order chi connectivity index (χ1) is 5.88. The van der Waals surface area contributed by atoms with E-state index in [-0.39, 0.29) is 30.9 Å². The van der Waals surface area contributed by atoms with Gasteiger partial charge in [-0.2, -0.15) is 0 Å². The maximum Gasteiger partial charge on any atom is 0.0693 e. The van der Waals surface area contributed by atoms with Crippen LogP contribution in [-0.2, 0) is 0 Å². The van der Waals surface area contributed by atoms with Crippen molar-refractivity contribution in [3.8, 4) is 0 Å². The molecule has 1 aliphatic rings. The van der Waals surface area contributed by atoms with Gasteiger partial charge < -0.3 is 5.73 Å². The van der Waals surface area contributed by atoms with Crippen molar-refractivity contribution in [3.63, 3.8) is 0 Å². The van der Waals surface area contributed by atoms with Crippen LogP contribution in [0.5, 0.6) is 0 Å². The molecule has 1 saturated carbocycles. The Balaban J connectivity index is 0.000000845. The Morgan fingerprint density at radius 3 is 2.50 bits per heavy atom. The molecule has 2 rings (SSSR count). The number of nitrogens with zero attached hydrogens (tertiary/aromatic N) is 3. The summed E-state index contributed by atoms with van der Waals surface area (Å²) in [5.74, 6) is 0. The maximum atomic E-state index is 5.98. The summed E-state index contributed by atoms with van der Waals surface area (Å²) in [6, 6.07) is 0.640. The summed E-state index contributed by atoms with van der Waals surface area (Å²) in [5, 5.41) is 7.77. The zero-order chi connectivity index (χ0) is 8.39. The topological polar surface area (TPSA) is 56.7 Å². The molecule has 82 valence electrons. The van der Waals surface area contributed by atoms with E-state index in [1.807, 2.05) is 10.9 Å². The van der Waals surface area contributed by atoms with E-state index in [9.17, 15) is 0 Å². The molecular formula is C8H16Cl2N4. The molecule has 2 atom stereocenters. The average molecular weight is 239 g/mol. The Bertz CT molecular complexity index is 239. The van der Waals surface area contributed by atoms with Gasteiger partial charge in [0.25, 0.3) is 0 Å². The van der Waals surface area contributed by atoms with Crippen LogP contribution in [0.4, 0.5) is 0 Å². The fraction of sp³-hybridized carbons (Fsp3) is 0.750. The largest absolute Gasteiger partial charge is 0.326 e. The Labute approximate surface area is 96.1 Å². The molecule has 1 heterocycles. The SMILES string of the molecule is Cl.Cl.N[C@@H]1CCCC[C@@H]1n1ccnn1. The summed E-state index contributed by atoms with van der Waals surface area (Å²) < 4.78 is 1.89. The number of halogens is 2. The summed E-state index contributed by atoms with van der Waals surface area (Å²) >= 11 is 0. The van der Waals surface area contributed by atoms with Crippen molar-refractivity contribution in [1.29, 1.82) is 0 Å². The zero-order valence-corrected chi connectivity index (χ0v) is 9.51. The van der Waals surface area contributed by atoms with Crippen molar-refractivity contribution in [2.45, 2.75) is 37.8 Å². The molecule has 4 nitrogen and oxygen atoms in total. The molecular weight excluding hydrogens is 223 g/mol. The standard InChI is InChI=1S/C8H14N4.2ClH/c9-7-3-1-2-4-8(7)12-6-5-10-11-12;;/h5-8H,1-4,9H2;2*1H/t7-,8+;;/m1../s1. The molecule has 1 aliphatic carbocycles. The molecule has 0 aromatic carbocycles. The minimum absolute atomic E-state index is 0. The third kappa shape index (κ3) is 2.83. The number of nitrogens with two attached hydrogens (primary N) is 1. The van der Waals surface area contributed by atoms with Crippen molar-refractivity contribution < 1.29 is 0 Å². The van der Waals surface area contributed by atoms with Crippen LogP contribution in [0.2, 0.25) is 0 Å². The van der Waals surface area contributed by atoms with Crippen LogP contribution in [0.25, 0.3) is 0 Å². The Morgan fingerprint density at radius 2 is 1.93 bits per heavy atom. The highest BCUT2D eigenvalue weighted by atomic mass is 35.5. The summed E-state index contributed by atoms with van der Waals surface area (Å²) in [4.78, 5) is 0. The predicted octanol–water partition coefficient (Wildman–Crippen LogP) is 1.56. The van der Waals surface area contributed by atoms with E-state index in [1.54, 1.807) is 6.20 Å². The monoisotopic (exact) mass is 238 g/mol. The summed E-state index contributed by atoms with van der Waals surface area (Å²) in [6.07, 6.45) is 8.39. The van der Waals surface area contributed by atoms with Gasteiger partial charge in [0.1, 0.15) is 0 Å². The summed E-state index contributed by atoms with van der Waals surface area (Å²) in [7, 11) is 0. The number of hydrogen-bond donors (Lipinski definition) is 1. The highest BCUT2D eigenvalue weighted by Gasteiger charge is 2.23. The van der Waals surface area contributed by atoms with Crippen LogP contribution >= 0.6 is 24.8 Å². The molecule has 14 heavy (non-hydrogen) atoms. The van der Waals surface area contributed by atoms with Crippen LogP contribution < -0.4 is 5.73 Å². The molecule has 2 N–H and O–H groups in total. The molecule has 1 fully saturated rings. The number of aromatic nitrogens is 3. The van der Waals surface area contributed by atoms with Crippen molar-refractivity contribution in [3.05, 3.63) is 12.4 Å². The molecule has 0 radical (unpaired) electrons. The van der Waals surface area contributed by atoms with Gasteiger partial charge in [-0.25, -0.2) is 4.68 Å². The highest BCUT2D eigenvalue weighted by molar-refractivity contribution is 5.85. The number of rotatable bonds is 1. The lowest BCUT2D eigenvalue weighted by atomic mass is 9.91. The van der Waals surface area contributed by atoms with E-state index in [4.69, 9.17) is 5.73 Å². The van der Waals surface area contributed by atoms with E-state index in [0.717, 1.165) is 12.8 Å². The van der Waals surface area contributed by atoms with Gasteiger partial charge in [0.05, 0.1) is 12.2 Å². The van der Waals surface area contributed by atoms with Crippen LogP contribution in [0.3, 0.4) is 0 Å². The van der Waals surface area contributed by atoms with Crippen LogP contribution in [-0.4, -0.2) is 21.0 Å². The van der Waals surface area contributed by atoms with Crippen LogP contribution in [0.15, 0.2) is 12.4 Å². The first kappa shape index (κ1) is 13.7. The molecule has 0 unspecified atom stereocenters. The fourth-order valence-corrected chi connectivity index (χ4v) is 1.86. The lowest BCUT2D eigenvalue weighted by molar-refractivity contribution is 0.282. The second kappa shape index (κ2) is 6.22. The second-order valence-corrected chi connectivity index (χ2v) is 3.40. The quantitative estimate of drug-likeness (QED) is 0.809. The third-order valence-corrected chi connectivity index (χ3v) is 2.56. The maximum absolute atomic E-state index is 5.98. The predicted molar refractivity (Wildman–Crippen MR) is 60.0 cm³/mol. The van der Waals surface area contributed by atoms with Crippen molar-refractivity contribution >= 4 is 24.8 Å². The van der Waals surface area contributed by atoms with Crippen LogP contribution in [0, 0.1) is 0 Å². The smallest absolute Gasteiger partial charge is 0.0693 e.